The third-order valence-electron chi connectivity index (χ3n) is 6.13. The Hall–Kier alpha value is -4.44. The van der Waals surface area contributed by atoms with Crippen LogP contribution in [0.3, 0.4) is 0 Å². The Kier molecular flexibility index (Phi) is 5.72. The van der Waals surface area contributed by atoms with Gasteiger partial charge < -0.3 is 19.3 Å². The van der Waals surface area contributed by atoms with E-state index in [1.165, 1.54) is 16.2 Å². The third-order valence-corrected chi connectivity index (χ3v) is 7.14. The minimum atomic E-state index is -0.922. The molecular formula is C27H21N3O6S. The number of hydrogen-bond acceptors (Lipinski definition) is 9. The van der Waals surface area contributed by atoms with Gasteiger partial charge in [0.15, 0.2) is 16.6 Å². The fourth-order valence-corrected chi connectivity index (χ4v) is 5.50. The van der Waals surface area contributed by atoms with E-state index < -0.39 is 17.7 Å². The molecule has 0 bridgehead atoms. The molecule has 1 atom stereocenters. The molecule has 2 aromatic heterocycles. The average molecular weight is 516 g/mol. The van der Waals surface area contributed by atoms with Crippen LogP contribution in [0.25, 0.3) is 16.0 Å². The van der Waals surface area contributed by atoms with Gasteiger partial charge in [-0.15, -0.1) is 0 Å². The summed E-state index contributed by atoms with van der Waals surface area (Å²) in [6.07, 6.45) is 3.17. The van der Waals surface area contributed by atoms with Gasteiger partial charge in [-0.05, 0) is 55.0 Å². The molecule has 0 radical (unpaired) electrons. The molecule has 0 saturated carbocycles. The normalized spacial score (nSPS) is 18.4. The van der Waals surface area contributed by atoms with Gasteiger partial charge in [0.05, 0.1) is 28.4 Å². The number of anilines is 1. The Bertz CT molecular complexity index is 1570. The number of aliphatic hydroxyl groups excluding tert-OH is 1. The van der Waals surface area contributed by atoms with Crippen molar-refractivity contribution in [2.45, 2.75) is 13.0 Å². The van der Waals surface area contributed by atoms with Crippen molar-refractivity contribution in [1.29, 1.82) is 0 Å². The van der Waals surface area contributed by atoms with Crippen molar-refractivity contribution in [1.82, 2.24) is 9.97 Å². The number of fused-ring (bicyclic) bond motifs is 2. The summed E-state index contributed by atoms with van der Waals surface area (Å²) in [6.45, 7) is 3.22. The second-order valence-corrected chi connectivity index (χ2v) is 9.38. The standard InChI is InChI=1S/C27H21N3O6S/c1-2-34-17-6-7-18-21(13-17)37-27(29-18)30-23(16-4-3-9-28-14-16)22(25(32)26(30)33)24(31)15-5-8-19-20(12-15)36-11-10-35-19/h3-9,12-14,23,31H,2,10-11H2,1H3/b24-22-. The fourth-order valence-electron chi connectivity index (χ4n) is 4.48. The van der Waals surface area contributed by atoms with Crippen LogP contribution < -0.4 is 19.1 Å². The highest BCUT2D eigenvalue weighted by Crippen LogP contribution is 2.45. The fraction of sp³-hybridized carbons (Fsp3) is 0.185. The van der Waals surface area contributed by atoms with Crippen LogP contribution in [0.2, 0.25) is 0 Å². The SMILES string of the molecule is CCOc1ccc2nc(N3C(=O)C(=O)/C(=C(\O)c4ccc5c(c4)OCCO5)C3c3cccnc3)sc2c1. The van der Waals surface area contributed by atoms with Gasteiger partial charge in [-0.1, -0.05) is 17.4 Å². The minimum Gasteiger partial charge on any atom is -0.507 e. The van der Waals surface area contributed by atoms with Gasteiger partial charge in [0.2, 0.25) is 0 Å². The lowest BCUT2D eigenvalue weighted by Gasteiger charge is -2.23. The van der Waals surface area contributed by atoms with E-state index >= 15 is 0 Å². The maximum absolute atomic E-state index is 13.4. The quantitative estimate of drug-likeness (QED) is 0.235. The summed E-state index contributed by atoms with van der Waals surface area (Å²) in [5.74, 6) is -0.208. The number of carbonyl (C=O) groups is 2. The summed E-state index contributed by atoms with van der Waals surface area (Å²) in [5, 5.41) is 11.7. The molecule has 37 heavy (non-hydrogen) atoms. The number of hydrogen-bond donors (Lipinski definition) is 1. The molecule has 1 saturated heterocycles. The third kappa shape index (κ3) is 3.95. The second kappa shape index (κ2) is 9.21. The molecule has 10 heteroatoms. The first-order valence-electron chi connectivity index (χ1n) is 11.7. The molecule has 4 heterocycles. The molecule has 4 aromatic rings. The predicted molar refractivity (Wildman–Crippen MR) is 137 cm³/mol. The van der Waals surface area contributed by atoms with E-state index in [0.29, 0.717) is 58.8 Å². The zero-order valence-corrected chi connectivity index (χ0v) is 20.5. The molecule has 2 aliphatic heterocycles. The molecular weight excluding hydrogens is 494 g/mol. The van der Waals surface area contributed by atoms with E-state index in [4.69, 9.17) is 14.2 Å². The van der Waals surface area contributed by atoms with Crippen molar-refractivity contribution >= 4 is 44.1 Å². The number of nitrogens with zero attached hydrogens (tertiary/aromatic N) is 3. The van der Waals surface area contributed by atoms with Crippen molar-refractivity contribution in [2.75, 3.05) is 24.7 Å². The van der Waals surface area contributed by atoms with Crippen LogP contribution in [0.1, 0.15) is 24.1 Å². The Morgan fingerprint density at radius 2 is 1.97 bits per heavy atom. The summed E-state index contributed by atoms with van der Waals surface area (Å²) >= 11 is 1.27. The van der Waals surface area contributed by atoms with Gasteiger partial charge in [0.25, 0.3) is 5.78 Å². The minimum absolute atomic E-state index is 0.0519. The molecule has 1 N–H and O–H groups in total. The largest absolute Gasteiger partial charge is 0.507 e. The summed E-state index contributed by atoms with van der Waals surface area (Å²) in [5.41, 5.74) is 1.52. The summed E-state index contributed by atoms with van der Waals surface area (Å²) < 4.78 is 17.6. The number of pyridine rings is 1. The highest BCUT2D eigenvalue weighted by molar-refractivity contribution is 7.22. The van der Waals surface area contributed by atoms with Crippen molar-refractivity contribution in [2.24, 2.45) is 0 Å². The molecule has 1 amide bonds. The monoisotopic (exact) mass is 515 g/mol. The van der Waals surface area contributed by atoms with Gasteiger partial charge in [-0.2, -0.15) is 0 Å². The number of amides is 1. The Morgan fingerprint density at radius 1 is 1.14 bits per heavy atom. The first-order chi connectivity index (χ1) is 18.0. The maximum Gasteiger partial charge on any atom is 0.301 e. The van der Waals surface area contributed by atoms with E-state index in [0.717, 1.165) is 4.70 Å². The van der Waals surface area contributed by atoms with Gasteiger partial charge in [-0.3, -0.25) is 19.5 Å². The lowest BCUT2D eigenvalue weighted by Crippen LogP contribution is -2.29. The van der Waals surface area contributed by atoms with Crippen LogP contribution in [0.4, 0.5) is 5.13 Å². The first-order valence-corrected chi connectivity index (χ1v) is 12.5. The molecule has 1 unspecified atom stereocenters. The van der Waals surface area contributed by atoms with Crippen LogP contribution >= 0.6 is 11.3 Å². The van der Waals surface area contributed by atoms with Crippen LogP contribution in [0.15, 0.2) is 66.5 Å². The highest BCUT2D eigenvalue weighted by atomic mass is 32.1. The average Bonchev–Trinajstić information content (AvgIpc) is 3.46. The molecule has 0 spiro atoms. The maximum atomic E-state index is 13.4. The predicted octanol–water partition coefficient (Wildman–Crippen LogP) is 4.49. The lowest BCUT2D eigenvalue weighted by atomic mass is 9.96. The van der Waals surface area contributed by atoms with Gasteiger partial charge >= 0.3 is 5.91 Å². The number of Topliss-reactive ketones (excluding diaryl/α,β-unsaturated/α-hetero) is 1. The molecule has 2 aliphatic rings. The Balaban J connectivity index is 1.50. The number of thiazole rings is 1. The van der Waals surface area contributed by atoms with Crippen LogP contribution in [0, 0.1) is 0 Å². The second-order valence-electron chi connectivity index (χ2n) is 8.37. The van der Waals surface area contributed by atoms with Crippen LogP contribution in [0.5, 0.6) is 17.2 Å². The number of aromatic nitrogens is 2. The lowest BCUT2D eigenvalue weighted by molar-refractivity contribution is -0.132. The van der Waals surface area contributed by atoms with E-state index in [9.17, 15) is 14.7 Å². The van der Waals surface area contributed by atoms with Crippen molar-refractivity contribution in [3.8, 4) is 17.2 Å². The van der Waals surface area contributed by atoms with Crippen LogP contribution in [-0.4, -0.2) is 46.6 Å². The van der Waals surface area contributed by atoms with Crippen LogP contribution in [-0.2, 0) is 9.59 Å². The molecule has 6 rings (SSSR count). The number of carbonyl (C=O) groups excluding carboxylic acids is 2. The number of aliphatic hydroxyl groups is 1. The van der Waals surface area contributed by atoms with E-state index in [1.807, 2.05) is 25.1 Å². The topological polar surface area (TPSA) is 111 Å². The number of rotatable bonds is 5. The summed E-state index contributed by atoms with van der Waals surface area (Å²) in [7, 11) is 0. The molecule has 0 aliphatic carbocycles. The summed E-state index contributed by atoms with van der Waals surface area (Å²) in [4.78, 5) is 37.0. The molecule has 9 nitrogen and oxygen atoms in total. The Morgan fingerprint density at radius 3 is 2.76 bits per heavy atom. The van der Waals surface area contributed by atoms with Gasteiger partial charge in [0, 0.05) is 18.0 Å². The van der Waals surface area contributed by atoms with Crippen molar-refractivity contribution in [3.63, 3.8) is 0 Å². The van der Waals surface area contributed by atoms with Gasteiger partial charge in [-0.25, -0.2) is 4.98 Å². The molecule has 1 fully saturated rings. The summed E-state index contributed by atoms with van der Waals surface area (Å²) in [6, 6.07) is 12.9. The van der Waals surface area contributed by atoms with Gasteiger partial charge in [0.1, 0.15) is 24.7 Å². The van der Waals surface area contributed by atoms with E-state index in [-0.39, 0.29) is 11.3 Å². The first kappa shape index (κ1) is 23.0. The highest BCUT2D eigenvalue weighted by Gasteiger charge is 2.48. The van der Waals surface area contributed by atoms with E-state index in [2.05, 4.69) is 9.97 Å². The number of benzene rings is 2. The number of ketones is 1. The Labute approximate surface area is 215 Å². The zero-order valence-electron chi connectivity index (χ0n) is 19.7. The molecule has 2 aromatic carbocycles. The van der Waals surface area contributed by atoms with E-state index in [1.54, 1.807) is 42.7 Å². The van der Waals surface area contributed by atoms with Crippen molar-refractivity contribution in [3.05, 3.63) is 77.6 Å². The smallest absolute Gasteiger partial charge is 0.301 e. The zero-order chi connectivity index (χ0) is 25.5. The molecule has 186 valence electrons. The number of ether oxygens (including phenoxy) is 3. The van der Waals surface area contributed by atoms with Crippen molar-refractivity contribution < 1.29 is 28.9 Å².